The number of nitrogens with one attached hydrogen (secondary N) is 1. The molecule has 0 amide bonds. The average molecular weight is 273 g/mol. The zero-order valence-corrected chi connectivity index (χ0v) is 11.4. The van der Waals surface area contributed by atoms with Gasteiger partial charge in [-0.1, -0.05) is 24.3 Å². The highest BCUT2D eigenvalue weighted by Crippen LogP contribution is 2.30. The van der Waals surface area contributed by atoms with Crippen LogP contribution in [0.15, 0.2) is 42.5 Å². The monoisotopic (exact) mass is 273 g/mol. The first-order valence-corrected chi connectivity index (χ1v) is 7.39. The maximum absolute atomic E-state index is 13.7. The molecule has 0 unspecified atom stereocenters. The Morgan fingerprint density at radius 2 is 2.05 bits per heavy atom. The number of hydrogen-bond donors (Lipinski definition) is 1. The minimum atomic E-state index is -0.157. The summed E-state index contributed by atoms with van der Waals surface area (Å²) in [6, 6.07) is 11.7. The topological polar surface area (TPSA) is 12.0 Å². The number of hydrogen-bond acceptors (Lipinski definition) is 2. The summed E-state index contributed by atoms with van der Waals surface area (Å²) in [4.78, 5) is 2.14. The van der Waals surface area contributed by atoms with Crippen LogP contribution in [-0.2, 0) is 0 Å². The zero-order valence-electron chi connectivity index (χ0n) is 10.6. The highest BCUT2D eigenvalue weighted by molar-refractivity contribution is 7.16. The lowest BCUT2D eigenvalue weighted by Gasteiger charge is -1.98. The maximum atomic E-state index is 13.7. The van der Waals surface area contributed by atoms with Gasteiger partial charge in [0.05, 0.1) is 0 Å². The molecule has 1 heterocycles. The highest BCUT2D eigenvalue weighted by atomic mass is 32.1. The van der Waals surface area contributed by atoms with Gasteiger partial charge >= 0.3 is 0 Å². The van der Waals surface area contributed by atoms with E-state index in [0.29, 0.717) is 5.56 Å². The molecule has 0 aliphatic heterocycles. The number of rotatable bonds is 5. The first-order chi connectivity index (χ1) is 9.33. The number of benzene rings is 1. The van der Waals surface area contributed by atoms with Crippen LogP contribution in [0, 0.1) is 5.82 Å². The standard InChI is InChI=1S/C16H16FNS/c17-15-6-2-1-5-14(15)16-10-9-13(19-16)4-3-11-18-12-7-8-12/h1-6,9-10,12,18H,7-8,11H2. The summed E-state index contributed by atoms with van der Waals surface area (Å²) in [7, 11) is 0. The second-order valence-electron chi connectivity index (χ2n) is 4.77. The van der Waals surface area contributed by atoms with Crippen molar-refractivity contribution < 1.29 is 4.39 Å². The third-order valence-corrected chi connectivity index (χ3v) is 4.23. The van der Waals surface area contributed by atoms with Gasteiger partial charge < -0.3 is 5.32 Å². The van der Waals surface area contributed by atoms with Crippen LogP contribution in [0.4, 0.5) is 4.39 Å². The van der Waals surface area contributed by atoms with Gasteiger partial charge in [-0.15, -0.1) is 11.3 Å². The Labute approximate surface area is 116 Å². The van der Waals surface area contributed by atoms with Crippen LogP contribution < -0.4 is 5.32 Å². The van der Waals surface area contributed by atoms with Crippen molar-refractivity contribution in [2.24, 2.45) is 0 Å². The van der Waals surface area contributed by atoms with Crippen LogP contribution >= 0.6 is 11.3 Å². The predicted molar refractivity (Wildman–Crippen MR) is 79.8 cm³/mol. The number of thiophene rings is 1. The molecule has 1 aromatic carbocycles. The molecule has 19 heavy (non-hydrogen) atoms. The molecular weight excluding hydrogens is 257 g/mol. The molecule has 0 spiro atoms. The molecule has 1 aliphatic carbocycles. The number of halogens is 1. The summed E-state index contributed by atoms with van der Waals surface area (Å²) in [6.07, 6.45) is 6.86. The van der Waals surface area contributed by atoms with Crippen LogP contribution in [0.5, 0.6) is 0 Å². The van der Waals surface area contributed by atoms with Crippen molar-refractivity contribution in [1.82, 2.24) is 5.32 Å². The molecule has 0 atom stereocenters. The molecule has 98 valence electrons. The first kappa shape index (κ1) is 12.6. The van der Waals surface area contributed by atoms with E-state index in [2.05, 4.69) is 17.5 Å². The summed E-state index contributed by atoms with van der Waals surface area (Å²) in [5.41, 5.74) is 0.684. The van der Waals surface area contributed by atoms with E-state index in [4.69, 9.17) is 0 Å². The zero-order chi connectivity index (χ0) is 13.1. The fourth-order valence-electron chi connectivity index (χ4n) is 1.95. The lowest BCUT2D eigenvalue weighted by molar-refractivity contribution is 0.631. The Morgan fingerprint density at radius 3 is 2.84 bits per heavy atom. The largest absolute Gasteiger partial charge is 0.311 e. The summed E-state index contributed by atoms with van der Waals surface area (Å²) >= 11 is 1.62. The van der Waals surface area contributed by atoms with E-state index in [1.54, 1.807) is 17.4 Å². The van der Waals surface area contributed by atoms with Crippen LogP contribution in [0.1, 0.15) is 17.7 Å². The fraction of sp³-hybridized carbons (Fsp3) is 0.250. The average Bonchev–Trinajstić information content (AvgIpc) is 3.13. The Morgan fingerprint density at radius 1 is 1.21 bits per heavy atom. The second kappa shape index (κ2) is 5.68. The van der Waals surface area contributed by atoms with Crippen LogP contribution in [0.3, 0.4) is 0 Å². The van der Waals surface area contributed by atoms with E-state index in [0.717, 1.165) is 22.3 Å². The van der Waals surface area contributed by atoms with Crippen molar-refractivity contribution in [2.45, 2.75) is 18.9 Å². The van der Waals surface area contributed by atoms with E-state index in [9.17, 15) is 4.39 Å². The molecule has 1 aliphatic rings. The molecule has 3 heteroatoms. The Bertz CT molecular complexity index is 584. The molecule has 0 bridgehead atoms. The molecule has 1 fully saturated rings. The van der Waals surface area contributed by atoms with Gasteiger partial charge in [-0.05, 0) is 37.1 Å². The lowest BCUT2D eigenvalue weighted by atomic mass is 10.2. The smallest absolute Gasteiger partial charge is 0.131 e. The van der Waals surface area contributed by atoms with Gasteiger partial charge in [0.1, 0.15) is 5.82 Å². The molecule has 2 aromatic rings. The highest BCUT2D eigenvalue weighted by Gasteiger charge is 2.18. The van der Waals surface area contributed by atoms with E-state index < -0.39 is 0 Å². The Kier molecular flexibility index (Phi) is 3.76. The van der Waals surface area contributed by atoms with Crippen LogP contribution in [0.2, 0.25) is 0 Å². The van der Waals surface area contributed by atoms with Crippen molar-refractivity contribution in [1.29, 1.82) is 0 Å². The minimum Gasteiger partial charge on any atom is -0.311 e. The summed E-state index contributed by atoms with van der Waals surface area (Å²) in [6.45, 7) is 0.914. The SMILES string of the molecule is Fc1ccccc1-c1ccc(C=CCNC2CC2)s1. The van der Waals surface area contributed by atoms with Gasteiger partial charge in [0.15, 0.2) is 0 Å². The van der Waals surface area contributed by atoms with Crippen LogP contribution in [0.25, 0.3) is 16.5 Å². The predicted octanol–water partition coefficient (Wildman–Crippen LogP) is 4.32. The quantitative estimate of drug-likeness (QED) is 0.855. The molecule has 0 saturated heterocycles. The van der Waals surface area contributed by atoms with Crippen LogP contribution in [-0.4, -0.2) is 12.6 Å². The van der Waals surface area contributed by atoms with E-state index in [1.807, 2.05) is 24.3 Å². The molecule has 1 aromatic heterocycles. The normalized spacial score (nSPS) is 15.2. The molecule has 1 saturated carbocycles. The molecule has 1 nitrogen and oxygen atoms in total. The van der Waals surface area contributed by atoms with Crippen molar-refractivity contribution in [2.75, 3.05) is 6.54 Å². The molecule has 0 radical (unpaired) electrons. The second-order valence-corrected chi connectivity index (χ2v) is 5.88. The van der Waals surface area contributed by atoms with Gasteiger partial charge in [0.2, 0.25) is 0 Å². The Hall–Kier alpha value is -1.45. The van der Waals surface area contributed by atoms with Gasteiger partial charge in [-0.2, -0.15) is 0 Å². The third-order valence-electron chi connectivity index (χ3n) is 3.15. The van der Waals surface area contributed by atoms with Gasteiger partial charge in [0.25, 0.3) is 0 Å². The lowest BCUT2D eigenvalue weighted by Crippen LogP contribution is -2.15. The van der Waals surface area contributed by atoms with Crippen molar-refractivity contribution in [3.63, 3.8) is 0 Å². The van der Waals surface area contributed by atoms with Crippen molar-refractivity contribution in [3.8, 4) is 10.4 Å². The van der Waals surface area contributed by atoms with E-state index in [-0.39, 0.29) is 5.82 Å². The van der Waals surface area contributed by atoms with Crippen molar-refractivity contribution >= 4 is 17.4 Å². The molecule has 3 rings (SSSR count). The molecule has 1 N–H and O–H groups in total. The third kappa shape index (κ3) is 3.31. The fourth-order valence-corrected chi connectivity index (χ4v) is 2.91. The van der Waals surface area contributed by atoms with E-state index in [1.165, 1.54) is 18.9 Å². The summed E-state index contributed by atoms with van der Waals surface area (Å²) in [5.74, 6) is -0.157. The minimum absolute atomic E-state index is 0.157. The molecular formula is C16H16FNS. The maximum Gasteiger partial charge on any atom is 0.131 e. The van der Waals surface area contributed by atoms with Gasteiger partial charge in [-0.25, -0.2) is 4.39 Å². The van der Waals surface area contributed by atoms with E-state index >= 15 is 0 Å². The Balaban J connectivity index is 1.67. The summed E-state index contributed by atoms with van der Waals surface area (Å²) < 4.78 is 13.7. The first-order valence-electron chi connectivity index (χ1n) is 6.57. The van der Waals surface area contributed by atoms with Gasteiger partial charge in [0, 0.05) is 27.9 Å². The summed E-state index contributed by atoms with van der Waals surface area (Å²) in [5, 5.41) is 3.43. The van der Waals surface area contributed by atoms with Gasteiger partial charge in [-0.3, -0.25) is 0 Å². The van der Waals surface area contributed by atoms with Crippen molar-refractivity contribution in [3.05, 3.63) is 53.2 Å².